The van der Waals surface area contributed by atoms with E-state index in [4.69, 9.17) is 0 Å². The SMILES string of the molecule is O=C(Nc1cnn(Cc2cccc(F)c2)c1)[C@H](c1ccccc1)N1CCCC1. The van der Waals surface area contributed by atoms with Crippen molar-refractivity contribution in [3.8, 4) is 0 Å². The number of amides is 1. The standard InChI is InChI=1S/C22H23FN4O/c23-19-10-6-7-17(13-19)15-27-16-20(14-24-27)25-22(28)21(26-11-4-5-12-26)18-8-2-1-3-9-18/h1-3,6-10,13-14,16,21H,4-5,11-12,15H2,(H,25,28)/t21-/m0/s1. The molecule has 2 heterocycles. The summed E-state index contributed by atoms with van der Waals surface area (Å²) in [7, 11) is 0. The summed E-state index contributed by atoms with van der Waals surface area (Å²) in [6.45, 7) is 2.29. The summed E-state index contributed by atoms with van der Waals surface area (Å²) in [4.78, 5) is 15.3. The van der Waals surface area contributed by atoms with E-state index in [0.717, 1.165) is 37.1 Å². The Morgan fingerprint density at radius 2 is 1.89 bits per heavy atom. The van der Waals surface area contributed by atoms with Crippen molar-refractivity contribution in [3.05, 3.63) is 83.9 Å². The fourth-order valence-corrected chi connectivity index (χ4v) is 3.71. The van der Waals surface area contributed by atoms with Gasteiger partial charge in [0.05, 0.1) is 18.4 Å². The normalized spacial score (nSPS) is 15.5. The van der Waals surface area contributed by atoms with Crippen molar-refractivity contribution in [1.82, 2.24) is 14.7 Å². The first kappa shape index (κ1) is 18.4. The molecule has 0 saturated carbocycles. The number of aromatic nitrogens is 2. The first-order valence-corrected chi connectivity index (χ1v) is 9.56. The van der Waals surface area contributed by atoms with E-state index in [2.05, 4.69) is 15.3 Å². The van der Waals surface area contributed by atoms with Crippen LogP contribution < -0.4 is 5.32 Å². The molecule has 0 bridgehead atoms. The Bertz CT molecular complexity index is 934. The van der Waals surface area contributed by atoms with Gasteiger partial charge in [-0.2, -0.15) is 5.10 Å². The smallest absolute Gasteiger partial charge is 0.246 e. The quantitative estimate of drug-likeness (QED) is 0.709. The second-order valence-electron chi connectivity index (χ2n) is 7.10. The summed E-state index contributed by atoms with van der Waals surface area (Å²) in [5.74, 6) is -0.326. The van der Waals surface area contributed by atoms with Crippen LogP contribution in [-0.4, -0.2) is 33.7 Å². The van der Waals surface area contributed by atoms with E-state index in [1.807, 2.05) is 36.4 Å². The molecule has 144 valence electrons. The lowest BCUT2D eigenvalue weighted by Crippen LogP contribution is -2.35. The van der Waals surface area contributed by atoms with Gasteiger partial charge in [-0.3, -0.25) is 14.4 Å². The molecule has 0 radical (unpaired) electrons. The van der Waals surface area contributed by atoms with Gasteiger partial charge in [-0.1, -0.05) is 42.5 Å². The lowest BCUT2D eigenvalue weighted by molar-refractivity contribution is -0.121. The molecule has 1 atom stereocenters. The second kappa shape index (κ2) is 8.35. The van der Waals surface area contributed by atoms with Gasteiger partial charge in [-0.05, 0) is 49.2 Å². The molecule has 0 spiro atoms. The Labute approximate surface area is 163 Å². The van der Waals surface area contributed by atoms with Gasteiger partial charge in [0, 0.05) is 6.20 Å². The molecule has 3 aromatic rings. The second-order valence-corrected chi connectivity index (χ2v) is 7.10. The molecule has 1 fully saturated rings. The molecule has 2 aromatic carbocycles. The fraction of sp³-hybridized carbons (Fsp3) is 0.273. The molecule has 0 unspecified atom stereocenters. The van der Waals surface area contributed by atoms with Crippen molar-refractivity contribution in [2.75, 3.05) is 18.4 Å². The minimum Gasteiger partial charge on any atom is -0.322 e. The van der Waals surface area contributed by atoms with Gasteiger partial charge in [-0.25, -0.2) is 4.39 Å². The number of nitrogens with one attached hydrogen (secondary N) is 1. The maximum atomic E-state index is 13.4. The Kier molecular flexibility index (Phi) is 5.48. The highest BCUT2D eigenvalue weighted by Gasteiger charge is 2.29. The van der Waals surface area contributed by atoms with Crippen LogP contribution in [0, 0.1) is 5.82 Å². The van der Waals surface area contributed by atoms with E-state index in [9.17, 15) is 9.18 Å². The summed E-state index contributed by atoms with van der Waals surface area (Å²) in [5.41, 5.74) is 2.45. The Morgan fingerprint density at radius 3 is 2.64 bits per heavy atom. The summed E-state index contributed by atoms with van der Waals surface area (Å²) in [6, 6.07) is 16.0. The fourth-order valence-electron chi connectivity index (χ4n) is 3.71. The van der Waals surface area contributed by atoms with Gasteiger partial charge in [0.15, 0.2) is 0 Å². The zero-order valence-corrected chi connectivity index (χ0v) is 15.6. The Balaban J connectivity index is 1.48. The van der Waals surface area contributed by atoms with E-state index in [1.165, 1.54) is 12.1 Å². The lowest BCUT2D eigenvalue weighted by atomic mass is 10.0. The lowest BCUT2D eigenvalue weighted by Gasteiger charge is -2.26. The third-order valence-electron chi connectivity index (χ3n) is 5.00. The molecule has 1 aliphatic heterocycles. The average Bonchev–Trinajstić information content (AvgIpc) is 3.36. The monoisotopic (exact) mass is 378 g/mol. The van der Waals surface area contributed by atoms with Crippen molar-refractivity contribution in [2.45, 2.75) is 25.4 Å². The van der Waals surface area contributed by atoms with Crippen molar-refractivity contribution in [1.29, 1.82) is 0 Å². The highest BCUT2D eigenvalue weighted by molar-refractivity contribution is 5.95. The van der Waals surface area contributed by atoms with Crippen LogP contribution >= 0.6 is 0 Å². The molecule has 6 heteroatoms. The van der Waals surface area contributed by atoms with Gasteiger partial charge < -0.3 is 5.32 Å². The van der Waals surface area contributed by atoms with Crippen molar-refractivity contribution < 1.29 is 9.18 Å². The third-order valence-corrected chi connectivity index (χ3v) is 5.00. The van der Waals surface area contributed by atoms with Gasteiger partial charge in [0.1, 0.15) is 11.9 Å². The summed E-state index contributed by atoms with van der Waals surface area (Å²) < 4.78 is 15.0. The molecule has 1 aliphatic rings. The topological polar surface area (TPSA) is 50.2 Å². The van der Waals surface area contributed by atoms with Crippen LogP contribution in [0.4, 0.5) is 10.1 Å². The minimum absolute atomic E-state index is 0.0570. The summed E-state index contributed by atoms with van der Waals surface area (Å²) >= 11 is 0. The zero-order valence-electron chi connectivity index (χ0n) is 15.6. The van der Waals surface area contributed by atoms with Gasteiger partial charge >= 0.3 is 0 Å². The van der Waals surface area contributed by atoms with E-state index in [-0.39, 0.29) is 17.8 Å². The molecular formula is C22H23FN4O. The number of halogens is 1. The number of anilines is 1. The predicted octanol–water partition coefficient (Wildman–Crippen LogP) is 3.85. The van der Waals surface area contributed by atoms with Gasteiger partial charge in [0.2, 0.25) is 5.91 Å². The maximum Gasteiger partial charge on any atom is 0.246 e. The van der Waals surface area contributed by atoms with Crippen LogP contribution in [0.1, 0.15) is 30.0 Å². The van der Waals surface area contributed by atoms with Crippen molar-refractivity contribution in [3.63, 3.8) is 0 Å². The number of carbonyl (C=O) groups is 1. The van der Waals surface area contributed by atoms with Crippen molar-refractivity contribution in [2.24, 2.45) is 0 Å². The summed E-state index contributed by atoms with van der Waals surface area (Å²) in [6.07, 6.45) is 5.63. The number of rotatable bonds is 6. The molecule has 0 aliphatic carbocycles. The van der Waals surface area contributed by atoms with Crippen LogP contribution in [0.5, 0.6) is 0 Å². The molecule has 28 heavy (non-hydrogen) atoms. The Morgan fingerprint density at radius 1 is 1.11 bits per heavy atom. The van der Waals surface area contributed by atoms with Crippen LogP contribution in [-0.2, 0) is 11.3 Å². The molecular weight excluding hydrogens is 355 g/mol. The number of hydrogen-bond acceptors (Lipinski definition) is 3. The van der Waals surface area contributed by atoms with E-state index in [1.54, 1.807) is 23.1 Å². The highest BCUT2D eigenvalue weighted by Crippen LogP contribution is 2.26. The van der Waals surface area contributed by atoms with Crippen molar-refractivity contribution >= 4 is 11.6 Å². The number of hydrogen-bond donors (Lipinski definition) is 1. The molecule has 1 saturated heterocycles. The largest absolute Gasteiger partial charge is 0.322 e. The molecule has 5 nitrogen and oxygen atoms in total. The van der Waals surface area contributed by atoms with E-state index >= 15 is 0 Å². The maximum absolute atomic E-state index is 13.4. The van der Waals surface area contributed by atoms with E-state index < -0.39 is 0 Å². The number of carbonyl (C=O) groups excluding carboxylic acids is 1. The number of benzene rings is 2. The molecule has 1 N–H and O–H groups in total. The number of nitrogens with zero attached hydrogens (tertiary/aromatic N) is 3. The van der Waals surface area contributed by atoms with E-state index in [0.29, 0.717) is 12.2 Å². The van der Waals surface area contributed by atoms with Gasteiger partial charge in [-0.15, -0.1) is 0 Å². The molecule has 4 rings (SSSR count). The van der Waals surface area contributed by atoms with Crippen LogP contribution in [0.15, 0.2) is 67.0 Å². The highest BCUT2D eigenvalue weighted by atomic mass is 19.1. The Hall–Kier alpha value is -2.99. The van der Waals surface area contributed by atoms with Crippen LogP contribution in [0.25, 0.3) is 0 Å². The molecule has 1 aromatic heterocycles. The number of likely N-dealkylation sites (tertiary alicyclic amines) is 1. The van der Waals surface area contributed by atoms with Crippen LogP contribution in [0.2, 0.25) is 0 Å². The van der Waals surface area contributed by atoms with Crippen LogP contribution in [0.3, 0.4) is 0 Å². The zero-order chi connectivity index (χ0) is 19.3. The average molecular weight is 378 g/mol. The predicted molar refractivity (Wildman–Crippen MR) is 106 cm³/mol. The minimum atomic E-state index is -0.310. The first-order chi connectivity index (χ1) is 13.7. The summed E-state index contributed by atoms with van der Waals surface area (Å²) in [5, 5.41) is 7.29. The van der Waals surface area contributed by atoms with Gasteiger partial charge in [0.25, 0.3) is 0 Å². The first-order valence-electron chi connectivity index (χ1n) is 9.56. The molecule has 1 amide bonds. The third kappa shape index (κ3) is 4.28.